The number of rotatable bonds is 6. The molecule has 0 radical (unpaired) electrons. The molecule has 2 rings (SSSR count). The van der Waals surface area contributed by atoms with Crippen molar-refractivity contribution >= 4 is 15.9 Å². The maximum absolute atomic E-state index is 12.4. The second-order valence-electron chi connectivity index (χ2n) is 5.08. The summed E-state index contributed by atoms with van der Waals surface area (Å²) in [6.07, 6.45) is 2.12. The molecule has 1 unspecified atom stereocenters. The highest BCUT2D eigenvalue weighted by atomic mass is 32.2. The van der Waals surface area contributed by atoms with Crippen LogP contribution in [0, 0.1) is 6.92 Å². The van der Waals surface area contributed by atoms with Gasteiger partial charge in [0.2, 0.25) is 15.9 Å². The third-order valence-corrected chi connectivity index (χ3v) is 5.30. The first-order valence-electron chi connectivity index (χ1n) is 6.62. The first-order chi connectivity index (χ1) is 9.85. The van der Waals surface area contributed by atoms with Gasteiger partial charge in [0.1, 0.15) is 23.2 Å². The van der Waals surface area contributed by atoms with Gasteiger partial charge in [-0.1, -0.05) is 11.2 Å². The van der Waals surface area contributed by atoms with E-state index in [4.69, 9.17) is 4.52 Å². The predicted octanol–water partition coefficient (Wildman–Crippen LogP) is 0.532. The molecule has 1 atom stereocenters. The van der Waals surface area contributed by atoms with E-state index in [-0.39, 0.29) is 11.7 Å². The normalized spacial score (nSPS) is 19.5. The molecule has 8 heteroatoms. The molecular weight excluding hydrogens is 294 g/mol. The quantitative estimate of drug-likeness (QED) is 0.715. The summed E-state index contributed by atoms with van der Waals surface area (Å²) < 4.78 is 30.7. The van der Waals surface area contributed by atoms with E-state index < -0.39 is 16.1 Å². The fourth-order valence-electron chi connectivity index (χ4n) is 2.37. The first kappa shape index (κ1) is 15.7. The van der Waals surface area contributed by atoms with Crippen LogP contribution in [0.2, 0.25) is 0 Å². The monoisotopic (exact) mass is 313 g/mol. The van der Waals surface area contributed by atoms with Crippen LogP contribution >= 0.6 is 0 Å². The van der Waals surface area contributed by atoms with Gasteiger partial charge in [-0.3, -0.25) is 4.79 Å². The molecule has 1 saturated heterocycles. The van der Waals surface area contributed by atoms with Crippen molar-refractivity contribution in [1.82, 2.24) is 14.4 Å². The minimum Gasteiger partial charge on any atom is -0.361 e. The van der Waals surface area contributed by atoms with Gasteiger partial charge in [0.25, 0.3) is 0 Å². The third kappa shape index (κ3) is 3.33. The number of carbonyl (C=O) groups is 1. The van der Waals surface area contributed by atoms with E-state index in [1.807, 2.05) is 0 Å². The summed E-state index contributed by atoms with van der Waals surface area (Å²) in [7, 11) is -2.18. The molecule has 0 aromatic carbocycles. The minimum absolute atomic E-state index is 0.183. The highest BCUT2D eigenvalue weighted by Gasteiger charge is 2.38. The fraction of sp³-hybridized carbons (Fsp3) is 0.538. The zero-order chi connectivity index (χ0) is 15.6. The lowest BCUT2D eigenvalue weighted by Crippen LogP contribution is -2.43. The van der Waals surface area contributed by atoms with Crippen LogP contribution < -0.4 is 0 Å². The van der Waals surface area contributed by atoms with Gasteiger partial charge in [-0.05, 0) is 13.3 Å². The number of aryl methyl sites for hydroxylation is 1. The van der Waals surface area contributed by atoms with Gasteiger partial charge in [0, 0.05) is 26.2 Å². The maximum atomic E-state index is 12.4. The standard InChI is InChI=1S/C13H19N3O4S/c1-4-6-16-7-5-12(13(16)17)15(3)21(18,19)9-11-8-10(2)20-14-11/h4,8,12H,1,5-7,9H2,2-3H3. The number of hydrogen-bond acceptors (Lipinski definition) is 5. The van der Waals surface area contributed by atoms with Crippen molar-refractivity contribution in [1.29, 1.82) is 0 Å². The molecule has 0 saturated carbocycles. The Hall–Kier alpha value is -1.67. The lowest BCUT2D eigenvalue weighted by molar-refractivity contribution is -0.130. The number of amides is 1. The molecule has 0 N–H and O–H groups in total. The van der Waals surface area contributed by atoms with Crippen molar-refractivity contribution in [3.63, 3.8) is 0 Å². The van der Waals surface area contributed by atoms with Crippen LogP contribution in [0.15, 0.2) is 23.2 Å². The zero-order valence-corrected chi connectivity index (χ0v) is 13.0. The molecule has 2 heterocycles. The van der Waals surface area contributed by atoms with Crippen LogP contribution in [0.5, 0.6) is 0 Å². The molecule has 7 nitrogen and oxygen atoms in total. The fourth-order valence-corrected chi connectivity index (χ4v) is 3.66. The highest BCUT2D eigenvalue weighted by molar-refractivity contribution is 7.88. The Morgan fingerprint density at radius 3 is 2.90 bits per heavy atom. The van der Waals surface area contributed by atoms with Gasteiger partial charge in [-0.2, -0.15) is 4.31 Å². The van der Waals surface area contributed by atoms with Crippen molar-refractivity contribution in [3.8, 4) is 0 Å². The number of likely N-dealkylation sites (N-methyl/N-ethyl adjacent to an activating group) is 1. The Morgan fingerprint density at radius 2 is 2.33 bits per heavy atom. The van der Waals surface area contributed by atoms with Crippen LogP contribution in [-0.2, 0) is 20.6 Å². The summed E-state index contributed by atoms with van der Waals surface area (Å²) in [4.78, 5) is 13.8. The summed E-state index contributed by atoms with van der Waals surface area (Å²) >= 11 is 0. The lowest BCUT2D eigenvalue weighted by Gasteiger charge is -2.22. The van der Waals surface area contributed by atoms with Gasteiger partial charge in [-0.15, -0.1) is 6.58 Å². The van der Waals surface area contributed by atoms with Crippen molar-refractivity contribution < 1.29 is 17.7 Å². The van der Waals surface area contributed by atoms with Gasteiger partial charge in [0.15, 0.2) is 0 Å². The van der Waals surface area contributed by atoms with Gasteiger partial charge in [0.05, 0.1) is 0 Å². The van der Waals surface area contributed by atoms with Crippen molar-refractivity contribution in [2.24, 2.45) is 0 Å². The van der Waals surface area contributed by atoms with Crippen molar-refractivity contribution in [3.05, 3.63) is 30.2 Å². The molecule has 1 fully saturated rings. The summed E-state index contributed by atoms with van der Waals surface area (Å²) in [5.41, 5.74) is 0.341. The summed E-state index contributed by atoms with van der Waals surface area (Å²) in [5, 5.41) is 3.68. The van der Waals surface area contributed by atoms with Crippen LogP contribution in [0.1, 0.15) is 17.9 Å². The number of carbonyl (C=O) groups excluding carboxylic acids is 1. The lowest BCUT2D eigenvalue weighted by atomic mass is 10.2. The second-order valence-corrected chi connectivity index (χ2v) is 7.11. The predicted molar refractivity (Wildman–Crippen MR) is 76.8 cm³/mol. The summed E-state index contributed by atoms with van der Waals surface area (Å²) in [6, 6.07) is 0.925. The average Bonchev–Trinajstić information content (AvgIpc) is 2.96. The molecule has 1 amide bonds. The third-order valence-electron chi connectivity index (χ3n) is 3.50. The Labute approximate surface area is 124 Å². The highest BCUT2D eigenvalue weighted by Crippen LogP contribution is 2.20. The van der Waals surface area contributed by atoms with Crippen molar-refractivity contribution in [2.45, 2.75) is 25.1 Å². The van der Waals surface area contributed by atoms with E-state index in [0.29, 0.717) is 31.0 Å². The van der Waals surface area contributed by atoms with E-state index in [1.165, 1.54) is 7.05 Å². The van der Waals surface area contributed by atoms with E-state index in [1.54, 1.807) is 24.0 Å². The number of likely N-dealkylation sites (tertiary alicyclic amines) is 1. The molecule has 1 aromatic heterocycles. The maximum Gasteiger partial charge on any atom is 0.241 e. The Morgan fingerprint density at radius 1 is 1.62 bits per heavy atom. The molecule has 1 aliphatic heterocycles. The Balaban J connectivity index is 2.10. The van der Waals surface area contributed by atoms with Gasteiger partial charge < -0.3 is 9.42 Å². The van der Waals surface area contributed by atoms with E-state index in [2.05, 4.69) is 11.7 Å². The molecule has 0 aliphatic carbocycles. The van der Waals surface area contributed by atoms with E-state index in [0.717, 1.165) is 4.31 Å². The SMILES string of the molecule is C=CCN1CCC(N(C)S(=O)(=O)Cc2cc(C)on2)C1=O. The summed E-state index contributed by atoms with van der Waals surface area (Å²) in [6.45, 7) is 6.26. The zero-order valence-electron chi connectivity index (χ0n) is 12.2. The molecule has 0 bridgehead atoms. The second kappa shape index (κ2) is 5.98. The average molecular weight is 313 g/mol. The van der Waals surface area contributed by atoms with Gasteiger partial charge in [-0.25, -0.2) is 8.42 Å². The molecule has 1 aliphatic rings. The van der Waals surface area contributed by atoms with E-state index >= 15 is 0 Å². The Bertz CT molecular complexity index is 638. The van der Waals surface area contributed by atoms with Crippen LogP contribution in [0.25, 0.3) is 0 Å². The topological polar surface area (TPSA) is 83.7 Å². The van der Waals surface area contributed by atoms with Crippen LogP contribution in [-0.4, -0.2) is 54.9 Å². The van der Waals surface area contributed by atoms with Crippen LogP contribution in [0.4, 0.5) is 0 Å². The largest absolute Gasteiger partial charge is 0.361 e. The minimum atomic E-state index is -3.62. The number of nitrogens with zero attached hydrogens (tertiary/aromatic N) is 3. The molecule has 21 heavy (non-hydrogen) atoms. The smallest absolute Gasteiger partial charge is 0.241 e. The molecule has 116 valence electrons. The Kier molecular flexibility index (Phi) is 4.48. The first-order valence-corrected chi connectivity index (χ1v) is 8.23. The van der Waals surface area contributed by atoms with Crippen molar-refractivity contribution in [2.75, 3.05) is 20.1 Å². The number of sulfonamides is 1. The molecular formula is C13H19N3O4S. The molecule has 1 aromatic rings. The number of hydrogen-bond donors (Lipinski definition) is 0. The van der Waals surface area contributed by atoms with E-state index in [9.17, 15) is 13.2 Å². The van der Waals surface area contributed by atoms with Crippen LogP contribution in [0.3, 0.4) is 0 Å². The van der Waals surface area contributed by atoms with Gasteiger partial charge >= 0.3 is 0 Å². The number of aromatic nitrogens is 1. The summed E-state index contributed by atoms with van der Waals surface area (Å²) in [5.74, 6) is 0.0979. The molecule has 0 spiro atoms.